The lowest BCUT2D eigenvalue weighted by atomic mass is 9.73. The summed E-state index contributed by atoms with van der Waals surface area (Å²) in [4.78, 5) is 0. The molecule has 0 spiro atoms. The Kier molecular flexibility index (Phi) is 2.71. The van der Waals surface area contributed by atoms with Crippen molar-refractivity contribution in [2.24, 2.45) is 11.3 Å². The molecule has 1 aliphatic heterocycles. The predicted octanol–water partition coefficient (Wildman–Crippen LogP) is 2.90. The molecule has 1 saturated carbocycles. The standard InChI is InChI=1S/C18H22N2O2/c21-17(18(5-6-18)13-3-7-22-8-4-13)15-14-2-1-11(14)9-12-10-19-20-16(12)15/h9-10,13,17,21H,1-8H2,(H,19,20). The Labute approximate surface area is 129 Å². The average molecular weight is 298 g/mol. The Bertz CT molecular complexity index is 726. The van der Waals surface area contributed by atoms with E-state index in [0.717, 1.165) is 68.2 Å². The highest BCUT2D eigenvalue weighted by Gasteiger charge is 2.55. The van der Waals surface area contributed by atoms with Gasteiger partial charge in [0.25, 0.3) is 0 Å². The lowest BCUT2D eigenvalue weighted by Gasteiger charge is -2.36. The number of aliphatic hydroxyl groups is 1. The van der Waals surface area contributed by atoms with E-state index in [0.29, 0.717) is 5.92 Å². The fourth-order valence-electron chi connectivity index (χ4n) is 4.73. The predicted molar refractivity (Wildman–Crippen MR) is 83.7 cm³/mol. The SMILES string of the molecule is OC(c1c2c(cc3cn[nH]c13)CC2)C1(C2CCOCC2)CC1. The van der Waals surface area contributed by atoms with Gasteiger partial charge in [-0.05, 0) is 61.6 Å². The summed E-state index contributed by atoms with van der Waals surface area (Å²) in [6.45, 7) is 1.71. The molecule has 116 valence electrons. The molecule has 2 N–H and O–H groups in total. The molecule has 4 nitrogen and oxygen atoms in total. The van der Waals surface area contributed by atoms with Gasteiger partial charge in [0.2, 0.25) is 0 Å². The zero-order chi connectivity index (χ0) is 14.7. The van der Waals surface area contributed by atoms with Crippen molar-refractivity contribution in [3.63, 3.8) is 0 Å². The summed E-state index contributed by atoms with van der Waals surface area (Å²) in [5.74, 6) is 0.602. The summed E-state index contributed by atoms with van der Waals surface area (Å²) < 4.78 is 5.52. The number of ether oxygens (including phenoxy) is 1. The molecule has 1 aromatic carbocycles. The van der Waals surface area contributed by atoms with Crippen LogP contribution in [-0.2, 0) is 17.6 Å². The van der Waals surface area contributed by atoms with Gasteiger partial charge >= 0.3 is 0 Å². The maximum Gasteiger partial charge on any atom is 0.0872 e. The zero-order valence-corrected chi connectivity index (χ0v) is 12.8. The number of H-pyrrole nitrogens is 1. The largest absolute Gasteiger partial charge is 0.388 e. The summed E-state index contributed by atoms with van der Waals surface area (Å²) >= 11 is 0. The Morgan fingerprint density at radius 3 is 2.77 bits per heavy atom. The van der Waals surface area contributed by atoms with E-state index in [1.54, 1.807) is 0 Å². The molecule has 1 saturated heterocycles. The van der Waals surface area contributed by atoms with Crippen LogP contribution < -0.4 is 0 Å². The Hall–Kier alpha value is -1.39. The molecule has 2 fully saturated rings. The van der Waals surface area contributed by atoms with Crippen LogP contribution in [0.4, 0.5) is 0 Å². The van der Waals surface area contributed by atoms with E-state index in [1.165, 1.54) is 11.1 Å². The van der Waals surface area contributed by atoms with Crippen LogP contribution >= 0.6 is 0 Å². The van der Waals surface area contributed by atoms with Gasteiger partial charge in [-0.1, -0.05) is 0 Å². The topological polar surface area (TPSA) is 58.1 Å². The van der Waals surface area contributed by atoms with Gasteiger partial charge in [0.15, 0.2) is 0 Å². The summed E-state index contributed by atoms with van der Waals surface area (Å²) in [7, 11) is 0. The van der Waals surface area contributed by atoms with E-state index in [9.17, 15) is 5.11 Å². The van der Waals surface area contributed by atoms with Crippen LogP contribution in [0, 0.1) is 11.3 Å². The first-order valence-corrected chi connectivity index (χ1v) is 8.53. The number of fused-ring (bicyclic) bond motifs is 2. The van der Waals surface area contributed by atoms with Gasteiger partial charge in [-0.2, -0.15) is 5.10 Å². The van der Waals surface area contributed by atoms with E-state index in [4.69, 9.17) is 4.74 Å². The number of aromatic nitrogens is 2. The molecule has 2 aliphatic carbocycles. The molecule has 0 amide bonds. The van der Waals surface area contributed by atoms with Crippen molar-refractivity contribution in [2.75, 3.05) is 13.2 Å². The summed E-state index contributed by atoms with van der Waals surface area (Å²) in [6.07, 6.45) is 8.26. The molecule has 2 aromatic rings. The van der Waals surface area contributed by atoms with E-state index >= 15 is 0 Å². The number of hydrogen-bond donors (Lipinski definition) is 2. The highest BCUT2D eigenvalue weighted by Crippen LogP contribution is 2.63. The third-order valence-electron chi connectivity index (χ3n) is 6.30. The third-order valence-corrected chi connectivity index (χ3v) is 6.30. The zero-order valence-electron chi connectivity index (χ0n) is 12.8. The first-order chi connectivity index (χ1) is 10.8. The Balaban J connectivity index is 1.59. The first kappa shape index (κ1) is 13.1. The molecule has 5 rings (SSSR count). The van der Waals surface area contributed by atoms with Crippen LogP contribution in [0.25, 0.3) is 10.9 Å². The molecule has 1 unspecified atom stereocenters. The van der Waals surface area contributed by atoms with Crippen molar-refractivity contribution >= 4 is 10.9 Å². The Morgan fingerprint density at radius 1 is 1.27 bits per heavy atom. The van der Waals surface area contributed by atoms with E-state index in [1.807, 2.05) is 6.20 Å². The van der Waals surface area contributed by atoms with Crippen LogP contribution in [-0.4, -0.2) is 28.5 Å². The fourth-order valence-corrected chi connectivity index (χ4v) is 4.73. The normalized spacial score (nSPS) is 24.8. The third kappa shape index (κ3) is 1.68. The average Bonchev–Trinajstić information content (AvgIpc) is 3.21. The summed E-state index contributed by atoms with van der Waals surface area (Å²) in [5.41, 5.74) is 5.09. The quantitative estimate of drug-likeness (QED) is 0.916. The molecule has 3 aliphatic rings. The smallest absolute Gasteiger partial charge is 0.0872 e. The van der Waals surface area contributed by atoms with Crippen LogP contribution in [0.5, 0.6) is 0 Å². The number of rotatable bonds is 3. The molecule has 2 heterocycles. The molecular weight excluding hydrogens is 276 g/mol. The maximum atomic E-state index is 11.3. The highest BCUT2D eigenvalue weighted by atomic mass is 16.5. The molecule has 1 atom stereocenters. The van der Waals surface area contributed by atoms with Gasteiger partial charge in [-0.15, -0.1) is 0 Å². The number of hydrogen-bond acceptors (Lipinski definition) is 3. The number of aromatic amines is 1. The van der Waals surface area contributed by atoms with Crippen molar-refractivity contribution < 1.29 is 9.84 Å². The van der Waals surface area contributed by atoms with Gasteiger partial charge in [0.05, 0.1) is 17.8 Å². The maximum absolute atomic E-state index is 11.3. The van der Waals surface area contributed by atoms with Crippen LogP contribution in [0.15, 0.2) is 12.3 Å². The van der Waals surface area contributed by atoms with Crippen LogP contribution in [0.2, 0.25) is 0 Å². The first-order valence-electron chi connectivity index (χ1n) is 8.53. The van der Waals surface area contributed by atoms with Gasteiger partial charge < -0.3 is 9.84 Å². The lowest BCUT2D eigenvalue weighted by Crippen LogP contribution is -2.31. The molecule has 0 radical (unpaired) electrons. The number of aryl methyl sites for hydroxylation is 1. The van der Waals surface area contributed by atoms with Crippen molar-refractivity contribution in [1.82, 2.24) is 10.2 Å². The highest BCUT2D eigenvalue weighted by molar-refractivity contribution is 5.85. The van der Waals surface area contributed by atoms with E-state index in [-0.39, 0.29) is 11.5 Å². The number of benzene rings is 1. The van der Waals surface area contributed by atoms with Crippen molar-refractivity contribution in [2.45, 2.75) is 44.6 Å². The number of nitrogens with one attached hydrogen (secondary N) is 1. The Morgan fingerprint density at radius 2 is 2.09 bits per heavy atom. The van der Waals surface area contributed by atoms with Gasteiger partial charge in [-0.3, -0.25) is 5.10 Å². The number of nitrogens with zero attached hydrogens (tertiary/aromatic N) is 1. The van der Waals surface area contributed by atoms with Crippen molar-refractivity contribution in [3.05, 3.63) is 29.0 Å². The minimum Gasteiger partial charge on any atom is -0.388 e. The second kappa shape index (κ2) is 4.56. The monoisotopic (exact) mass is 298 g/mol. The summed E-state index contributed by atoms with van der Waals surface area (Å²) in [6, 6.07) is 2.24. The number of aliphatic hydroxyl groups excluding tert-OH is 1. The van der Waals surface area contributed by atoms with E-state index < -0.39 is 0 Å². The second-order valence-electron chi connectivity index (χ2n) is 7.28. The molecule has 0 bridgehead atoms. The molecular formula is C18H22N2O2. The second-order valence-corrected chi connectivity index (χ2v) is 7.28. The molecule has 22 heavy (non-hydrogen) atoms. The van der Waals surface area contributed by atoms with E-state index in [2.05, 4.69) is 16.3 Å². The van der Waals surface area contributed by atoms with Crippen molar-refractivity contribution in [3.8, 4) is 0 Å². The lowest BCUT2D eigenvalue weighted by molar-refractivity contribution is -0.00957. The molecule has 1 aromatic heterocycles. The summed E-state index contributed by atoms with van der Waals surface area (Å²) in [5, 5.41) is 19.8. The van der Waals surface area contributed by atoms with Gasteiger partial charge in [-0.25, -0.2) is 0 Å². The van der Waals surface area contributed by atoms with Gasteiger partial charge in [0, 0.05) is 29.6 Å². The van der Waals surface area contributed by atoms with Crippen LogP contribution in [0.1, 0.15) is 48.5 Å². The van der Waals surface area contributed by atoms with Crippen LogP contribution in [0.3, 0.4) is 0 Å². The fraction of sp³-hybridized carbons (Fsp3) is 0.611. The minimum absolute atomic E-state index is 0.0898. The minimum atomic E-state index is -0.353. The molecule has 4 heteroatoms. The van der Waals surface area contributed by atoms with Crippen molar-refractivity contribution in [1.29, 1.82) is 0 Å². The van der Waals surface area contributed by atoms with Gasteiger partial charge in [0.1, 0.15) is 0 Å².